The van der Waals surface area contributed by atoms with Gasteiger partial charge in [-0.15, -0.1) is 0 Å². The Hall–Kier alpha value is -2.53. The molecule has 1 aliphatic heterocycles. The Labute approximate surface area is 155 Å². The van der Waals surface area contributed by atoms with Crippen molar-refractivity contribution in [3.63, 3.8) is 0 Å². The second-order valence-corrected chi connectivity index (χ2v) is 6.41. The maximum Gasteiger partial charge on any atom is 0.227 e. The summed E-state index contributed by atoms with van der Waals surface area (Å²) < 4.78 is 11.0. The standard InChI is InChI=1S/C21H26N2O3/c1-25-20-9-5-6-18(16-20)17-21(24)23-12-10-22(11-13-23)14-15-26-19-7-3-2-4-8-19/h2-9,16H,10-15,17H2,1H3. The molecule has 3 rings (SSSR count). The molecule has 2 aromatic rings. The molecule has 0 saturated carbocycles. The first kappa shape index (κ1) is 18.3. The summed E-state index contributed by atoms with van der Waals surface area (Å²) in [6.07, 6.45) is 0.425. The fraction of sp³-hybridized carbons (Fsp3) is 0.381. The molecule has 1 aliphatic rings. The first-order chi connectivity index (χ1) is 12.7. The normalized spacial score (nSPS) is 14.9. The van der Waals surface area contributed by atoms with Crippen LogP contribution in [0.1, 0.15) is 5.56 Å². The number of carbonyl (C=O) groups excluding carboxylic acids is 1. The number of hydrogen-bond donors (Lipinski definition) is 0. The van der Waals surface area contributed by atoms with Gasteiger partial charge in [0.2, 0.25) is 5.91 Å². The predicted molar refractivity (Wildman–Crippen MR) is 102 cm³/mol. The summed E-state index contributed by atoms with van der Waals surface area (Å²) in [5, 5.41) is 0. The van der Waals surface area contributed by atoms with E-state index in [1.54, 1.807) is 7.11 Å². The molecule has 0 unspecified atom stereocenters. The van der Waals surface area contributed by atoms with Gasteiger partial charge in [0.15, 0.2) is 0 Å². The molecular weight excluding hydrogens is 328 g/mol. The quantitative estimate of drug-likeness (QED) is 0.766. The largest absolute Gasteiger partial charge is 0.497 e. The van der Waals surface area contributed by atoms with Crippen LogP contribution in [0.2, 0.25) is 0 Å². The van der Waals surface area contributed by atoms with E-state index in [9.17, 15) is 4.79 Å². The van der Waals surface area contributed by atoms with Crippen molar-refractivity contribution in [3.8, 4) is 11.5 Å². The zero-order valence-corrected chi connectivity index (χ0v) is 15.3. The van der Waals surface area contributed by atoms with Crippen LogP contribution >= 0.6 is 0 Å². The van der Waals surface area contributed by atoms with Crippen LogP contribution in [0.4, 0.5) is 0 Å². The van der Waals surface area contributed by atoms with Crippen LogP contribution < -0.4 is 9.47 Å². The Morgan fingerprint density at radius 3 is 2.42 bits per heavy atom. The van der Waals surface area contributed by atoms with Gasteiger partial charge in [0, 0.05) is 32.7 Å². The summed E-state index contributed by atoms with van der Waals surface area (Å²) in [5.41, 5.74) is 0.994. The zero-order chi connectivity index (χ0) is 18.2. The van der Waals surface area contributed by atoms with E-state index in [1.807, 2.05) is 59.5 Å². The zero-order valence-electron chi connectivity index (χ0n) is 15.3. The fourth-order valence-electron chi connectivity index (χ4n) is 3.10. The maximum absolute atomic E-state index is 12.5. The highest BCUT2D eigenvalue weighted by molar-refractivity contribution is 5.79. The molecule has 2 aromatic carbocycles. The van der Waals surface area contributed by atoms with Crippen molar-refractivity contribution in [1.29, 1.82) is 0 Å². The van der Waals surface area contributed by atoms with Gasteiger partial charge >= 0.3 is 0 Å². The highest BCUT2D eigenvalue weighted by atomic mass is 16.5. The van der Waals surface area contributed by atoms with Gasteiger partial charge in [0.05, 0.1) is 13.5 Å². The number of amides is 1. The summed E-state index contributed by atoms with van der Waals surface area (Å²) >= 11 is 0. The van der Waals surface area contributed by atoms with Gasteiger partial charge in [-0.25, -0.2) is 0 Å². The van der Waals surface area contributed by atoms with E-state index in [0.717, 1.165) is 49.8 Å². The van der Waals surface area contributed by atoms with Gasteiger partial charge in [-0.1, -0.05) is 30.3 Å². The van der Waals surface area contributed by atoms with Crippen molar-refractivity contribution >= 4 is 5.91 Å². The average Bonchev–Trinajstić information content (AvgIpc) is 2.69. The lowest BCUT2D eigenvalue weighted by atomic mass is 10.1. The fourth-order valence-corrected chi connectivity index (χ4v) is 3.10. The van der Waals surface area contributed by atoms with E-state index >= 15 is 0 Å². The molecule has 5 nitrogen and oxygen atoms in total. The van der Waals surface area contributed by atoms with Crippen LogP contribution in [0.15, 0.2) is 54.6 Å². The third kappa shape index (κ3) is 5.23. The predicted octanol–water partition coefficient (Wildman–Crippen LogP) is 2.46. The molecule has 0 N–H and O–H groups in total. The molecule has 0 spiro atoms. The first-order valence-electron chi connectivity index (χ1n) is 9.05. The number of para-hydroxylation sites is 1. The summed E-state index contributed by atoms with van der Waals surface area (Å²) in [4.78, 5) is 16.8. The van der Waals surface area contributed by atoms with Crippen LogP contribution in [0.5, 0.6) is 11.5 Å². The summed E-state index contributed by atoms with van der Waals surface area (Å²) in [5.74, 6) is 1.87. The van der Waals surface area contributed by atoms with Gasteiger partial charge in [-0.2, -0.15) is 0 Å². The lowest BCUT2D eigenvalue weighted by Gasteiger charge is -2.34. The molecule has 1 heterocycles. The Kier molecular flexibility index (Phi) is 6.50. The Morgan fingerprint density at radius 1 is 0.962 bits per heavy atom. The van der Waals surface area contributed by atoms with E-state index in [1.165, 1.54) is 0 Å². The van der Waals surface area contributed by atoms with Gasteiger partial charge in [0.1, 0.15) is 18.1 Å². The van der Waals surface area contributed by atoms with Crippen molar-refractivity contribution in [1.82, 2.24) is 9.80 Å². The third-order valence-electron chi connectivity index (χ3n) is 4.63. The average molecular weight is 354 g/mol. The Bertz CT molecular complexity index is 697. The minimum absolute atomic E-state index is 0.179. The third-order valence-corrected chi connectivity index (χ3v) is 4.63. The van der Waals surface area contributed by atoms with E-state index < -0.39 is 0 Å². The molecule has 0 atom stereocenters. The van der Waals surface area contributed by atoms with Crippen LogP contribution in [0.25, 0.3) is 0 Å². The Balaban J connectivity index is 1.39. The van der Waals surface area contributed by atoms with Crippen LogP contribution in [0, 0.1) is 0 Å². The summed E-state index contributed by atoms with van der Waals surface area (Å²) in [6.45, 7) is 4.88. The smallest absolute Gasteiger partial charge is 0.227 e. The lowest BCUT2D eigenvalue weighted by Crippen LogP contribution is -2.49. The second-order valence-electron chi connectivity index (χ2n) is 6.41. The molecule has 1 fully saturated rings. The molecule has 5 heteroatoms. The minimum atomic E-state index is 0.179. The van der Waals surface area contributed by atoms with Crippen molar-refractivity contribution in [3.05, 3.63) is 60.2 Å². The number of hydrogen-bond acceptors (Lipinski definition) is 4. The van der Waals surface area contributed by atoms with E-state index in [4.69, 9.17) is 9.47 Å². The first-order valence-corrected chi connectivity index (χ1v) is 9.05. The second kappa shape index (κ2) is 9.25. The SMILES string of the molecule is COc1cccc(CC(=O)N2CCN(CCOc3ccccc3)CC2)c1. The molecule has 1 saturated heterocycles. The highest BCUT2D eigenvalue weighted by Crippen LogP contribution is 2.14. The van der Waals surface area contributed by atoms with Gasteiger partial charge in [-0.3, -0.25) is 9.69 Å². The van der Waals surface area contributed by atoms with E-state index in [0.29, 0.717) is 13.0 Å². The van der Waals surface area contributed by atoms with Gasteiger partial charge in [0.25, 0.3) is 0 Å². The van der Waals surface area contributed by atoms with Crippen LogP contribution in [-0.4, -0.2) is 62.1 Å². The van der Waals surface area contributed by atoms with Crippen LogP contribution in [-0.2, 0) is 11.2 Å². The Morgan fingerprint density at radius 2 is 1.69 bits per heavy atom. The molecule has 26 heavy (non-hydrogen) atoms. The molecule has 0 aliphatic carbocycles. The van der Waals surface area contributed by atoms with Gasteiger partial charge in [-0.05, 0) is 29.8 Å². The molecular formula is C21H26N2O3. The van der Waals surface area contributed by atoms with Crippen molar-refractivity contribution in [2.75, 3.05) is 46.4 Å². The lowest BCUT2D eigenvalue weighted by molar-refractivity contribution is -0.132. The number of ether oxygens (including phenoxy) is 2. The number of benzene rings is 2. The monoisotopic (exact) mass is 354 g/mol. The van der Waals surface area contributed by atoms with Crippen LogP contribution in [0.3, 0.4) is 0 Å². The number of piperazine rings is 1. The molecule has 0 aromatic heterocycles. The number of carbonyl (C=O) groups is 1. The molecule has 1 amide bonds. The molecule has 0 radical (unpaired) electrons. The van der Waals surface area contributed by atoms with E-state index in [2.05, 4.69) is 4.90 Å². The van der Waals surface area contributed by atoms with E-state index in [-0.39, 0.29) is 5.91 Å². The molecule has 0 bridgehead atoms. The van der Waals surface area contributed by atoms with Crippen molar-refractivity contribution in [2.24, 2.45) is 0 Å². The van der Waals surface area contributed by atoms with Crippen molar-refractivity contribution in [2.45, 2.75) is 6.42 Å². The minimum Gasteiger partial charge on any atom is -0.497 e. The summed E-state index contributed by atoms with van der Waals surface area (Å²) in [6, 6.07) is 17.6. The van der Waals surface area contributed by atoms with Crippen molar-refractivity contribution < 1.29 is 14.3 Å². The number of methoxy groups -OCH3 is 1. The summed E-state index contributed by atoms with van der Waals surface area (Å²) in [7, 11) is 1.64. The number of rotatable bonds is 7. The van der Waals surface area contributed by atoms with Gasteiger partial charge < -0.3 is 14.4 Å². The highest BCUT2D eigenvalue weighted by Gasteiger charge is 2.21. The number of nitrogens with zero attached hydrogens (tertiary/aromatic N) is 2. The topological polar surface area (TPSA) is 42.0 Å². The molecule has 138 valence electrons. The maximum atomic E-state index is 12.5.